The van der Waals surface area contributed by atoms with Crippen LogP contribution in [-0.4, -0.2) is 6.71 Å². The Balaban J connectivity index is 1.09. The van der Waals surface area contributed by atoms with Crippen molar-refractivity contribution in [2.75, 3.05) is 9.80 Å². The molecule has 2 aliphatic heterocycles. The molecule has 0 radical (unpaired) electrons. The highest BCUT2D eigenvalue weighted by Crippen LogP contribution is 2.64. The van der Waals surface area contributed by atoms with E-state index >= 15 is 0 Å². The molecule has 69 heavy (non-hydrogen) atoms. The first-order valence-corrected chi connectivity index (χ1v) is 25.6. The van der Waals surface area contributed by atoms with Crippen LogP contribution in [0.3, 0.4) is 0 Å². The van der Waals surface area contributed by atoms with Gasteiger partial charge in [0.15, 0.2) is 0 Å². The lowest BCUT2D eigenvalue weighted by molar-refractivity contribution is 0.794. The van der Waals surface area contributed by atoms with Crippen LogP contribution in [0.15, 0.2) is 188 Å². The number of thiophene rings is 1. The van der Waals surface area contributed by atoms with Gasteiger partial charge in [-0.25, -0.2) is 0 Å². The molecule has 3 heterocycles. The van der Waals surface area contributed by atoms with Crippen molar-refractivity contribution in [3.63, 3.8) is 0 Å². The van der Waals surface area contributed by atoms with Crippen LogP contribution >= 0.6 is 11.3 Å². The second kappa shape index (κ2) is 14.8. The Kier molecular flexibility index (Phi) is 8.72. The molecule has 4 heteroatoms. The van der Waals surface area contributed by atoms with Crippen molar-refractivity contribution < 1.29 is 0 Å². The second-order valence-electron chi connectivity index (χ2n) is 20.5. The van der Waals surface area contributed by atoms with Crippen LogP contribution < -0.4 is 25.5 Å². The average Bonchev–Trinajstić information content (AvgIpc) is 3.98. The van der Waals surface area contributed by atoms with Crippen molar-refractivity contribution in [1.82, 2.24) is 0 Å². The monoisotopic (exact) mass is 902 g/mol. The van der Waals surface area contributed by atoms with E-state index in [-0.39, 0.29) is 6.71 Å². The van der Waals surface area contributed by atoms with E-state index in [9.17, 15) is 0 Å². The number of aryl methyl sites for hydroxylation is 2. The van der Waals surface area contributed by atoms with Gasteiger partial charge in [0.05, 0.1) is 11.1 Å². The van der Waals surface area contributed by atoms with Crippen molar-refractivity contribution in [3.05, 3.63) is 233 Å². The van der Waals surface area contributed by atoms with E-state index in [1.165, 1.54) is 138 Å². The van der Waals surface area contributed by atoms with Crippen LogP contribution in [0.2, 0.25) is 0 Å². The first kappa shape index (κ1) is 40.7. The normalized spacial score (nSPS) is 14.2. The molecule has 0 bridgehead atoms. The molecule has 0 atom stereocenters. The highest BCUT2D eigenvalue weighted by atomic mass is 32.1. The van der Waals surface area contributed by atoms with E-state index in [1.54, 1.807) is 0 Å². The summed E-state index contributed by atoms with van der Waals surface area (Å²) in [6.07, 6.45) is 0. The predicted molar refractivity (Wildman–Crippen MR) is 295 cm³/mol. The van der Waals surface area contributed by atoms with Crippen LogP contribution in [0.25, 0.3) is 43.5 Å². The molecule has 0 amide bonds. The number of fused-ring (bicyclic) bond motifs is 16. The number of nitrogens with zero attached hydrogens (tertiary/aromatic N) is 2. The molecule has 0 saturated heterocycles. The Morgan fingerprint density at radius 1 is 0.464 bits per heavy atom. The minimum atomic E-state index is -0.417. The third kappa shape index (κ3) is 5.50. The molecule has 0 saturated carbocycles. The summed E-state index contributed by atoms with van der Waals surface area (Å²) in [6, 6.07) is 72.3. The van der Waals surface area contributed by atoms with Crippen molar-refractivity contribution in [2.24, 2.45) is 0 Å². The van der Waals surface area contributed by atoms with Crippen molar-refractivity contribution in [3.8, 4) is 33.4 Å². The molecule has 2 nitrogen and oxygen atoms in total. The Morgan fingerprint density at radius 2 is 1.04 bits per heavy atom. The Bertz CT molecular complexity index is 3720. The van der Waals surface area contributed by atoms with Gasteiger partial charge in [0.1, 0.15) is 0 Å². The Morgan fingerprint density at radius 3 is 1.70 bits per heavy atom. The second-order valence-corrected chi connectivity index (χ2v) is 21.6. The number of rotatable bonds is 5. The average molecular weight is 903 g/mol. The lowest BCUT2D eigenvalue weighted by Crippen LogP contribution is -2.60. The maximum Gasteiger partial charge on any atom is 0.264 e. The van der Waals surface area contributed by atoms with Crippen molar-refractivity contribution in [1.29, 1.82) is 0 Å². The third-order valence-electron chi connectivity index (χ3n) is 15.9. The van der Waals surface area contributed by atoms with Gasteiger partial charge >= 0.3 is 0 Å². The maximum absolute atomic E-state index is 2.61. The number of hydrogen-bond donors (Lipinski definition) is 0. The third-order valence-corrected chi connectivity index (χ3v) is 17.1. The molecule has 9 aromatic carbocycles. The summed E-state index contributed by atoms with van der Waals surface area (Å²) in [4.78, 5) is 5.18. The minimum absolute atomic E-state index is 0.0172. The molecule has 330 valence electrons. The fourth-order valence-electron chi connectivity index (χ4n) is 13.1. The maximum atomic E-state index is 2.61. The fraction of sp³-hybridized carbons (Fsp3) is 0.138. The van der Waals surface area contributed by atoms with Gasteiger partial charge in [0.2, 0.25) is 0 Å². The summed E-state index contributed by atoms with van der Waals surface area (Å²) in [5, 5.41) is 1.31. The van der Waals surface area contributed by atoms with Crippen LogP contribution in [0.4, 0.5) is 34.1 Å². The fourth-order valence-corrected chi connectivity index (χ4v) is 14.4. The molecule has 2 aliphatic carbocycles. The largest absolute Gasteiger partial charge is 0.311 e. The molecule has 4 aliphatic rings. The summed E-state index contributed by atoms with van der Waals surface area (Å²) in [5.41, 5.74) is 28.6. The number of para-hydroxylation sites is 2. The van der Waals surface area contributed by atoms with Gasteiger partial charge in [-0.15, -0.1) is 11.3 Å². The zero-order chi connectivity index (χ0) is 46.4. The quantitative estimate of drug-likeness (QED) is 0.159. The van der Waals surface area contributed by atoms with E-state index < -0.39 is 5.41 Å². The molecule has 10 aromatic rings. The molecular formula is C65H51BN2S. The molecule has 14 rings (SSSR count). The number of anilines is 6. The molecule has 0 N–H and O–H groups in total. The lowest BCUT2D eigenvalue weighted by atomic mass is 9.36. The number of benzene rings is 9. The zero-order valence-electron chi connectivity index (χ0n) is 39.9. The number of hydrogen-bond acceptors (Lipinski definition) is 3. The molecular weight excluding hydrogens is 852 g/mol. The van der Waals surface area contributed by atoms with Crippen LogP contribution in [0.1, 0.15) is 84.0 Å². The van der Waals surface area contributed by atoms with Gasteiger partial charge in [-0.3, -0.25) is 0 Å². The summed E-state index contributed by atoms with van der Waals surface area (Å²) < 4.78 is 2.72. The van der Waals surface area contributed by atoms with E-state index in [2.05, 4.69) is 239 Å². The van der Waals surface area contributed by atoms with Gasteiger partial charge in [-0.05, 0) is 164 Å². The van der Waals surface area contributed by atoms with E-state index in [4.69, 9.17) is 0 Å². The highest BCUT2D eigenvalue weighted by Gasteiger charge is 2.53. The van der Waals surface area contributed by atoms with Gasteiger partial charge in [0, 0.05) is 43.3 Å². The van der Waals surface area contributed by atoms with E-state index in [0.29, 0.717) is 11.8 Å². The topological polar surface area (TPSA) is 6.48 Å². The summed E-state index contributed by atoms with van der Waals surface area (Å²) in [6.45, 7) is 13.9. The van der Waals surface area contributed by atoms with Crippen molar-refractivity contribution in [2.45, 2.75) is 58.8 Å². The van der Waals surface area contributed by atoms with Gasteiger partial charge in [-0.2, -0.15) is 0 Å². The SMILES string of the molecule is Cc1cc2c3c(c1)N(c1ccccc1)c1c(sc4cc5c(cc14)-c1ccc(C)cc1C51c4ccccc4-c4ccccc41)B3c1ccc(-c3c(C(C)C)cccc3C(C)C)cc1N2c1ccccc1. The van der Waals surface area contributed by atoms with Gasteiger partial charge in [0.25, 0.3) is 6.71 Å². The van der Waals surface area contributed by atoms with E-state index in [1.807, 2.05) is 11.3 Å². The summed E-state index contributed by atoms with van der Waals surface area (Å²) in [7, 11) is 0. The molecule has 0 unspecified atom stereocenters. The molecule has 0 fully saturated rings. The first-order valence-electron chi connectivity index (χ1n) is 24.8. The smallest absolute Gasteiger partial charge is 0.264 e. The summed E-state index contributed by atoms with van der Waals surface area (Å²) >= 11 is 2.01. The first-order chi connectivity index (χ1) is 33.7. The summed E-state index contributed by atoms with van der Waals surface area (Å²) in [5.74, 6) is 0.773. The zero-order valence-corrected chi connectivity index (χ0v) is 40.7. The van der Waals surface area contributed by atoms with Crippen LogP contribution in [0, 0.1) is 13.8 Å². The van der Waals surface area contributed by atoms with Gasteiger partial charge in [-0.1, -0.05) is 167 Å². The molecule has 1 spiro atoms. The lowest BCUT2D eigenvalue weighted by Gasteiger charge is -2.43. The highest BCUT2D eigenvalue weighted by molar-refractivity contribution is 7.33. The van der Waals surface area contributed by atoms with Gasteiger partial charge < -0.3 is 9.80 Å². The standard InChI is InChI=1S/C65H51BN2S/c1-38(2)45-24-17-25-46(39(3)4)61(45)42-29-31-56-57(35-42)67(43-18-9-7-10-19-43)58-33-41(6)34-59-62(58)66(56)64-63(68(59)44-20-11-8-12-21-44)51-36-50-49-30-28-40(5)32-54(49)65(55(50)37-60(51)69-64)52-26-15-13-22-47(52)48-23-14-16-27-53(48)65/h7-39H,1-6H3. The predicted octanol–water partition coefficient (Wildman–Crippen LogP) is 15.9. The van der Waals surface area contributed by atoms with Crippen LogP contribution in [-0.2, 0) is 5.41 Å². The van der Waals surface area contributed by atoms with Crippen molar-refractivity contribution >= 4 is 78.0 Å². The Labute approximate surface area is 410 Å². The Hall–Kier alpha value is -7.40. The minimum Gasteiger partial charge on any atom is -0.311 e. The van der Waals surface area contributed by atoms with E-state index in [0.717, 1.165) is 0 Å². The van der Waals surface area contributed by atoms with Crippen LogP contribution in [0.5, 0.6) is 0 Å². The molecule has 1 aromatic heterocycles.